The lowest BCUT2D eigenvalue weighted by molar-refractivity contribution is -0.123. The van der Waals surface area contributed by atoms with Crippen LogP contribution in [0, 0.1) is 13.8 Å². The maximum atomic E-state index is 12.9. The summed E-state index contributed by atoms with van der Waals surface area (Å²) in [6.45, 7) is 4.07. The largest absolute Gasteiger partial charge is 0.318 e. The summed E-state index contributed by atoms with van der Waals surface area (Å²) in [5.74, 6) is -0.336. The van der Waals surface area contributed by atoms with Crippen LogP contribution >= 0.6 is 46.6 Å². The van der Waals surface area contributed by atoms with Gasteiger partial charge >= 0.3 is 0 Å². The fraction of sp³-hybridized carbons (Fsp3) is 0.130. The molecule has 1 aromatic heterocycles. The predicted octanol–water partition coefficient (Wildman–Crippen LogP) is 7.29. The highest BCUT2D eigenvalue weighted by atomic mass is 35.5. The normalized spacial score (nSPS) is 15.4. The Labute approximate surface area is 199 Å². The second-order valence-corrected chi connectivity index (χ2v) is 9.42. The molecule has 1 aliphatic rings. The molecule has 0 aliphatic carbocycles. The Hall–Kier alpha value is -2.18. The van der Waals surface area contributed by atoms with E-state index >= 15 is 0 Å². The van der Waals surface area contributed by atoms with Crippen molar-refractivity contribution in [2.75, 3.05) is 0 Å². The van der Waals surface area contributed by atoms with E-state index in [2.05, 4.69) is 4.57 Å². The zero-order chi connectivity index (χ0) is 22.3. The molecule has 3 aromatic rings. The van der Waals surface area contributed by atoms with Gasteiger partial charge in [-0.15, -0.1) is 0 Å². The Morgan fingerprint density at radius 1 is 0.935 bits per heavy atom. The first-order valence-corrected chi connectivity index (χ1v) is 11.3. The van der Waals surface area contributed by atoms with Crippen molar-refractivity contribution in [3.05, 3.63) is 91.0 Å². The Morgan fingerprint density at radius 3 is 2.29 bits per heavy atom. The number of carbonyl (C=O) groups is 2. The number of aromatic nitrogens is 1. The van der Waals surface area contributed by atoms with E-state index in [1.54, 1.807) is 24.3 Å². The van der Waals surface area contributed by atoms with Crippen molar-refractivity contribution in [3.8, 4) is 5.69 Å². The number of hydrogen-bond acceptors (Lipinski definition) is 3. The molecule has 0 atom stereocenters. The summed E-state index contributed by atoms with van der Waals surface area (Å²) in [5, 5.41) is 1.26. The van der Waals surface area contributed by atoms with Gasteiger partial charge in [0.25, 0.3) is 11.1 Å². The third-order valence-corrected chi connectivity index (χ3v) is 6.81. The zero-order valence-electron chi connectivity index (χ0n) is 16.7. The molecule has 2 amide bonds. The number of hydrogen-bond donors (Lipinski definition) is 0. The molecule has 0 spiro atoms. The number of benzene rings is 2. The van der Waals surface area contributed by atoms with Gasteiger partial charge in [0, 0.05) is 32.1 Å². The van der Waals surface area contributed by atoms with Crippen LogP contribution in [0.25, 0.3) is 11.8 Å². The lowest BCUT2D eigenvalue weighted by Crippen LogP contribution is -2.27. The summed E-state index contributed by atoms with van der Waals surface area (Å²) in [6, 6.07) is 14.5. The highest BCUT2D eigenvalue weighted by molar-refractivity contribution is 8.18. The Bertz CT molecular complexity index is 1230. The molecule has 4 nitrogen and oxygen atoms in total. The van der Waals surface area contributed by atoms with Gasteiger partial charge < -0.3 is 4.57 Å². The second-order valence-electron chi connectivity index (χ2n) is 7.14. The molecule has 0 radical (unpaired) electrons. The fourth-order valence-electron chi connectivity index (χ4n) is 3.52. The van der Waals surface area contributed by atoms with Gasteiger partial charge in [0.05, 0.1) is 11.4 Å². The van der Waals surface area contributed by atoms with E-state index in [1.807, 2.05) is 44.2 Å². The van der Waals surface area contributed by atoms with E-state index in [4.69, 9.17) is 34.8 Å². The molecule has 158 valence electrons. The standard InChI is InChI=1S/C23H17Cl3N2O2S/c1-13-9-16(14(2)28(13)19-7-5-17(24)6-8-19)10-21-22(29)27(23(30)31-21)12-15-3-4-18(25)11-20(15)26/h3-11H,12H2,1-2H3/b21-10+. The van der Waals surface area contributed by atoms with Crippen molar-refractivity contribution in [2.45, 2.75) is 20.4 Å². The number of imide groups is 1. The number of rotatable bonds is 4. The number of aryl methyl sites for hydroxylation is 1. The molecule has 0 saturated carbocycles. The average molecular weight is 492 g/mol. The third kappa shape index (κ3) is 4.41. The van der Waals surface area contributed by atoms with Crippen LogP contribution < -0.4 is 0 Å². The van der Waals surface area contributed by atoms with Crippen LogP contribution in [-0.4, -0.2) is 20.6 Å². The lowest BCUT2D eigenvalue weighted by Gasteiger charge is -2.13. The van der Waals surface area contributed by atoms with Crippen LogP contribution in [0.2, 0.25) is 15.1 Å². The molecule has 0 unspecified atom stereocenters. The third-order valence-electron chi connectivity index (χ3n) is 5.06. The first-order chi connectivity index (χ1) is 14.7. The Balaban J connectivity index is 1.62. The first kappa shape index (κ1) is 22.0. The fourth-order valence-corrected chi connectivity index (χ4v) is 4.94. The van der Waals surface area contributed by atoms with Crippen molar-refractivity contribution < 1.29 is 9.59 Å². The second kappa shape index (κ2) is 8.75. The number of carbonyl (C=O) groups excluding carboxylic acids is 2. The monoisotopic (exact) mass is 490 g/mol. The molecule has 1 aliphatic heterocycles. The highest BCUT2D eigenvalue weighted by Gasteiger charge is 2.35. The molecule has 0 bridgehead atoms. The van der Waals surface area contributed by atoms with Crippen molar-refractivity contribution >= 4 is 63.8 Å². The minimum Gasteiger partial charge on any atom is -0.318 e. The maximum absolute atomic E-state index is 12.9. The SMILES string of the molecule is Cc1cc(/C=C2/SC(=O)N(Cc3ccc(Cl)cc3Cl)C2=O)c(C)n1-c1ccc(Cl)cc1. The molecule has 4 rings (SSSR count). The van der Waals surface area contributed by atoms with E-state index in [1.165, 1.54) is 4.90 Å². The van der Waals surface area contributed by atoms with Gasteiger partial charge in [0.1, 0.15) is 0 Å². The van der Waals surface area contributed by atoms with E-state index < -0.39 is 0 Å². The highest BCUT2D eigenvalue weighted by Crippen LogP contribution is 2.35. The minimum atomic E-state index is -0.336. The van der Waals surface area contributed by atoms with Gasteiger partial charge in [-0.1, -0.05) is 40.9 Å². The average Bonchev–Trinajstić information content (AvgIpc) is 3.14. The maximum Gasteiger partial charge on any atom is 0.293 e. The van der Waals surface area contributed by atoms with Gasteiger partial charge in [-0.25, -0.2) is 0 Å². The molecule has 31 heavy (non-hydrogen) atoms. The van der Waals surface area contributed by atoms with Gasteiger partial charge in [-0.3, -0.25) is 14.5 Å². The molecule has 0 N–H and O–H groups in total. The number of amides is 2. The predicted molar refractivity (Wildman–Crippen MR) is 128 cm³/mol. The summed E-state index contributed by atoms with van der Waals surface area (Å²) in [6.07, 6.45) is 1.77. The van der Waals surface area contributed by atoms with Crippen LogP contribution in [0.15, 0.2) is 53.4 Å². The Kier molecular flexibility index (Phi) is 6.22. The smallest absolute Gasteiger partial charge is 0.293 e. The summed E-state index contributed by atoms with van der Waals surface area (Å²) in [5.41, 5.74) is 4.49. The van der Waals surface area contributed by atoms with Gasteiger partial charge in [-0.2, -0.15) is 0 Å². The van der Waals surface area contributed by atoms with Crippen LogP contribution in [0.4, 0.5) is 4.79 Å². The van der Waals surface area contributed by atoms with Gasteiger partial charge in [0.15, 0.2) is 0 Å². The lowest BCUT2D eigenvalue weighted by atomic mass is 10.2. The zero-order valence-corrected chi connectivity index (χ0v) is 19.7. The van der Waals surface area contributed by atoms with Crippen molar-refractivity contribution in [2.24, 2.45) is 0 Å². The van der Waals surface area contributed by atoms with Gasteiger partial charge in [-0.05, 0) is 85.3 Å². The molecule has 2 aromatic carbocycles. The van der Waals surface area contributed by atoms with Crippen LogP contribution in [-0.2, 0) is 11.3 Å². The number of halogens is 3. The van der Waals surface area contributed by atoms with Crippen molar-refractivity contribution in [1.82, 2.24) is 9.47 Å². The summed E-state index contributed by atoms with van der Waals surface area (Å²) < 4.78 is 2.08. The topological polar surface area (TPSA) is 42.3 Å². The van der Waals surface area contributed by atoms with Crippen molar-refractivity contribution in [3.63, 3.8) is 0 Å². The van der Waals surface area contributed by atoms with E-state index in [0.717, 1.165) is 34.4 Å². The minimum absolute atomic E-state index is 0.0990. The van der Waals surface area contributed by atoms with Gasteiger partial charge in [0.2, 0.25) is 0 Å². The quantitative estimate of drug-likeness (QED) is 0.360. The van der Waals surface area contributed by atoms with E-state index in [-0.39, 0.29) is 17.7 Å². The van der Waals surface area contributed by atoms with Crippen LogP contribution in [0.1, 0.15) is 22.5 Å². The summed E-state index contributed by atoms with van der Waals surface area (Å²) >= 11 is 19.1. The van der Waals surface area contributed by atoms with Crippen LogP contribution in [0.3, 0.4) is 0 Å². The molecule has 1 saturated heterocycles. The number of thioether (sulfide) groups is 1. The molecule has 1 fully saturated rings. The Morgan fingerprint density at radius 2 is 1.61 bits per heavy atom. The summed E-state index contributed by atoms with van der Waals surface area (Å²) in [4.78, 5) is 27.0. The molecule has 8 heteroatoms. The number of nitrogens with zero attached hydrogens (tertiary/aromatic N) is 2. The van der Waals surface area contributed by atoms with Crippen molar-refractivity contribution in [1.29, 1.82) is 0 Å². The van der Waals surface area contributed by atoms with Crippen LogP contribution in [0.5, 0.6) is 0 Å². The molecule has 2 heterocycles. The van der Waals surface area contributed by atoms with E-state index in [9.17, 15) is 9.59 Å². The first-order valence-electron chi connectivity index (χ1n) is 9.39. The molecular formula is C23H17Cl3N2O2S. The van der Waals surface area contributed by atoms with E-state index in [0.29, 0.717) is 25.5 Å². The summed E-state index contributed by atoms with van der Waals surface area (Å²) in [7, 11) is 0. The molecular weight excluding hydrogens is 475 g/mol.